The van der Waals surface area contributed by atoms with E-state index < -0.39 is 22.2 Å². The van der Waals surface area contributed by atoms with Gasteiger partial charge in [-0.25, -0.2) is 13.2 Å². The van der Waals surface area contributed by atoms with Gasteiger partial charge >= 0.3 is 6.09 Å². The molecule has 2 atom stereocenters. The van der Waals surface area contributed by atoms with Crippen LogP contribution in [0.3, 0.4) is 0 Å². The number of carbonyl (C=O) groups excluding carboxylic acids is 1. The van der Waals surface area contributed by atoms with Crippen molar-refractivity contribution < 1.29 is 17.9 Å². The largest absolute Gasteiger partial charge is 0.447 e. The van der Waals surface area contributed by atoms with Crippen LogP contribution in [0.1, 0.15) is 12.5 Å². The Hall–Kier alpha value is -1.34. The minimum Gasteiger partial charge on any atom is -0.447 e. The summed E-state index contributed by atoms with van der Waals surface area (Å²) in [6, 6.07) is 5.75. The molecule has 0 radical (unpaired) electrons. The predicted molar refractivity (Wildman–Crippen MR) is 82.9 cm³/mol. The number of sulfonamides is 1. The minimum absolute atomic E-state index is 0.0705. The summed E-state index contributed by atoms with van der Waals surface area (Å²) in [5, 5.41) is 0. The van der Waals surface area contributed by atoms with E-state index in [-0.39, 0.29) is 16.3 Å². The lowest BCUT2D eigenvalue weighted by molar-refractivity contribution is 0.0930. The van der Waals surface area contributed by atoms with Gasteiger partial charge in [0.1, 0.15) is 6.61 Å². The quantitative estimate of drug-likeness (QED) is 0.603. The van der Waals surface area contributed by atoms with Crippen LogP contribution in [-0.4, -0.2) is 36.3 Å². The Morgan fingerprint density at radius 2 is 1.95 bits per heavy atom. The van der Waals surface area contributed by atoms with E-state index in [2.05, 4.69) is 15.9 Å². The van der Waals surface area contributed by atoms with Crippen LogP contribution in [0.15, 0.2) is 41.3 Å². The normalized spacial score (nSPS) is 23.4. The van der Waals surface area contributed by atoms with Crippen molar-refractivity contribution >= 4 is 32.0 Å². The Bertz CT molecular complexity index is 654. The number of nitrogens with zero attached hydrogens (tertiary/aromatic N) is 1. The summed E-state index contributed by atoms with van der Waals surface area (Å²) in [6.07, 6.45) is 2.54. The van der Waals surface area contributed by atoms with Crippen LogP contribution in [0.4, 0.5) is 4.79 Å². The van der Waals surface area contributed by atoms with E-state index in [1.54, 1.807) is 31.2 Å². The Balaban J connectivity index is 2.48. The number of rotatable bonds is 3. The molecule has 1 aliphatic heterocycles. The van der Waals surface area contributed by atoms with Gasteiger partial charge in [-0.05, 0) is 26.0 Å². The van der Waals surface area contributed by atoms with Crippen LogP contribution < -0.4 is 0 Å². The van der Waals surface area contributed by atoms with Crippen molar-refractivity contribution in [1.29, 1.82) is 0 Å². The maximum Gasteiger partial charge on any atom is 0.424 e. The van der Waals surface area contributed by atoms with Gasteiger partial charge in [-0.3, -0.25) is 0 Å². The van der Waals surface area contributed by atoms with Crippen molar-refractivity contribution in [1.82, 2.24) is 4.31 Å². The number of allylic oxidation sites excluding steroid dienone is 1. The summed E-state index contributed by atoms with van der Waals surface area (Å²) in [5.74, 6) is 0. The summed E-state index contributed by atoms with van der Waals surface area (Å²) >= 11 is 3.37. The first kappa shape index (κ1) is 16.0. The van der Waals surface area contributed by atoms with Gasteiger partial charge in [-0.15, -0.1) is 0 Å². The summed E-state index contributed by atoms with van der Waals surface area (Å²) in [7, 11) is -3.95. The number of cyclic esters (lactones) is 1. The fourth-order valence-electron chi connectivity index (χ4n) is 2.06. The molecule has 0 bridgehead atoms. The lowest BCUT2D eigenvalue weighted by atomic mass is 10.2. The summed E-state index contributed by atoms with van der Waals surface area (Å²) in [5.41, 5.74) is 0.943. The topological polar surface area (TPSA) is 63.7 Å². The monoisotopic (exact) mass is 373 g/mol. The van der Waals surface area contributed by atoms with Crippen molar-refractivity contribution in [2.75, 3.05) is 6.61 Å². The van der Waals surface area contributed by atoms with Crippen LogP contribution >= 0.6 is 15.9 Å². The highest BCUT2D eigenvalue weighted by molar-refractivity contribution is 9.09. The van der Waals surface area contributed by atoms with E-state index in [4.69, 9.17) is 4.74 Å². The fraction of sp³-hybridized carbons (Fsp3) is 0.357. The van der Waals surface area contributed by atoms with Crippen molar-refractivity contribution in [3.63, 3.8) is 0 Å². The molecule has 0 unspecified atom stereocenters. The molecule has 1 aliphatic rings. The number of benzene rings is 1. The van der Waals surface area contributed by atoms with Gasteiger partial charge in [0, 0.05) is 0 Å². The minimum atomic E-state index is -3.95. The third-order valence-electron chi connectivity index (χ3n) is 3.15. The first-order chi connectivity index (χ1) is 9.87. The highest BCUT2D eigenvalue weighted by Crippen LogP contribution is 2.28. The zero-order valence-electron chi connectivity index (χ0n) is 11.7. The Kier molecular flexibility index (Phi) is 4.73. The molecule has 5 nitrogen and oxygen atoms in total. The molecule has 1 saturated heterocycles. The zero-order chi connectivity index (χ0) is 15.6. The average molecular weight is 374 g/mol. The van der Waals surface area contributed by atoms with Crippen LogP contribution in [0, 0.1) is 6.92 Å². The molecule has 1 aromatic carbocycles. The second-order valence-corrected chi connectivity index (χ2v) is 7.71. The molecule has 0 saturated carbocycles. The second-order valence-electron chi connectivity index (χ2n) is 4.72. The molecule has 1 amide bonds. The summed E-state index contributed by atoms with van der Waals surface area (Å²) in [4.78, 5) is 11.8. The number of alkyl halides is 1. The molecule has 7 heteroatoms. The number of hydrogen-bond acceptors (Lipinski definition) is 4. The van der Waals surface area contributed by atoms with E-state index in [1.165, 1.54) is 12.1 Å². The molecular formula is C14H16BrNO4S. The molecule has 2 rings (SSSR count). The van der Waals surface area contributed by atoms with Gasteiger partial charge in [0.25, 0.3) is 10.0 Å². The van der Waals surface area contributed by atoms with Gasteiger partial charge < -0.3 is 4.74 Å². The van der Waals surface area contributed by atoms with Gasteiger partial charge in [-0.1, -0.05) is 45.8 Å². The third-order valence-corrected chi connectivity index (χ3v) is 5.74. The van der Waals surface area contributed by atoms with E-state index in [0.29, 0.717) is 0 Å². The molecule has 0 N–H and O–H groups in total. The molecular weight excluding hydrogens is 358 g/mol. The molecule has 1 fully saturated rings. The molecule has 21 heavy (non-hydrogen) atoms. The number of aryl methyl sites for hydroxylation is 1. The first-order valence-electron chi connectivity index (χ1n) is 6.42. The van der Waals surface area contributed by atoms with Crippen molar-refractivity contribution in [2.24, 2.45) is 0 Å². The van der Waals surface area contributed by atoms with E-state index >= 15 is 0 Å². The summed E-state index contributed by atoms with van der Waals surface area (Å²) < 4.78 is 31.2. The van der Waals surface area contributed by atoms with E-state index in [0.717, 1.165) is 9.87 Å². The van der Waals surface area contributed by atoms with Gasteiger partial charge in [0.05, 0.1) is 15.8 Å². The van der Waals surface area contributed by atoms with Crippen LogP contribution in [0.2, 0.25) is 0 Å². The third kappa shape index (κ3) is 3.13. The van der Waals surface area contributed by atoms with Gasteiger partial charge in [0.15, 0.2) is 0 Å². The standard InChI is InChI=1S/C14H16BrNO4S/c1-3-4-13-12(15)9-20-14(17)16(13)21(18,19)11-7-5-10(2)6-8-11/h3-8,12-13H,9H2,1-2H3/b4-3+/t12-,13+/m0/s1. The number of ether oxygens (including phenoxy) is 1. The van der Waals surface area contributed by atoms with Crippen LogP contribution in [0.5, 0.6) is 0 Å². The Morgan fingerprint density at radius 3 is 2.52 bits per heavy atom. The molecule has 114 valence electrons. The van der Waals surface area contributed by atoms with Crippen LogP contribution in [-0.2, 0) is 14.8 Å². The average Bonchev–Trinajstić information content (AvgIpc) is 2.43. The molecule has 0 aliphatic carbocycles. The lowest BCUT2D eigenvalue weighted by Gasteiger charge is -2.35. The number of amides is 1. The number of hydrogen-bond donors (Lipinski definition) is 0. The maximum atomic E-state index is 12.7. The van der Waals surface area contributed by atoms with E-state index in [9.17, 15) is 13.2 Å². The smallest absolute Gasteiger partial charge is 0.424 e. The lowest BCUT2D eigenvalue weighted by Crippen LogP contribution is -2.53. The molecule has 0 aromatic heterocycles. The van der Waals surface area contributed by atoms with Crippen molar-refractivity contribution in [3.05, 3.63) is 42.0 Å². The highest BCUT2D eigenvalue weighted by Gasteiger charge is 2.42. The molecule has 0 spiro atoms. The van der Waals surface area contributed by atoms with Gasteiger partial charge in [0.2, 0.25) is 0 Å². The summed E-state index contributed by atoms with van der Waals surface area (Å²) in [6.45, 7) is 3.77. The predicted octanol–water partition coefficient (Wildman–Crippen LogP) is 2.84. The van der Waals surface area contributed by atoms with Crippen molar-refractivity contribution in [3.8, 4) is 0 Å². The highest BCUT2D eigenvalue weighted by atomic mass is 79.9. The van der Waals surface area contributed by atoms with E-state index in [1.807, 2.05) is 6.92 Å². The maximum absolute atomic E-state index is 12.7. The number of carbonyl (C=O) groups is 1. The molecule has 1 heterocycles. The Labute approximate surface area is 132 Å². The fourth-order valence-corrected chi connectivity index (χ4v) is 4.25. The van der Waals surface area contributed by atoms with Crippen molar-refractivity contribution in [2.45, 2.75) is 29.6 Å². The molecule has 1 aromatic rings. The zero-order valence-corrected chi connectivity index (χ0v) is 14.1. The van der Waals surface area contributed by atoms with Crippen LogP contribution in [0.25, 0.3) is 0 Å². The first-order valence-corrected chi connectivity index (χ1v) is 8.78. The SMILES string of the molecule is C/C=C/[C@@H]1[C@@H](Br)COC(=O)N1S(=O)(=O)c1ccc(C)cc1. The van der Waals surface area contributed by atoms with Gasteiger partial charge in [-0.2, -0.15) is 4.31 Å². The number of halogens is 1. The second kappa shape index (κ2) is 6.19. The Morgan fingerprint density at radius 1 is 1.33 bits per heavy atom.